The Bertz CT molecular complexity index is 320. The van der Waals surface area contributed by atoms with Crippen molar-refractivity contribution in [2.24, 2.45) is 0 Å². The van der Waals surface area contributed by atoms with Crippen LogP contribution in [-0.4, -0.2) is 30.1 Å². The van der Waals surface area contributed by atoms with E-state index in [1.165, 1.54) is 17.7 Å². The second-order valence-corrected chi connectivity index (χ2v) is 4.95. The second-order valence-electron chi connectivity index (χ2n) is 3.80. The summed E-state index contributed by atoms with van der Waals surface area (Å²) in [5.41, 5.74) is 1.20. The van der Waals surface area contributed by atoms with Gasteiger partial charge in [-0.1, -0.05) is 6.92 Å². The third kappa shape index (κ3) is 4.96. The zero-order valence-electron chi connectivity index (χ0n) is 10.9. The molecule has 1 N–H and O–H groups in total. The molecule has 1 rings (SSSR count). The van der Waals surface area contributed by atoms with Gasteiger partial charge in [-0.3, -0.25) is 4.98 Å². The minimum atomic E-state index is 0.347. The third-order valence-electron chi connectivity index (χ3n) is 2.43. The molecule has 0 aliphatic rings. The molecule has 0 aliphatic carbocycles. The van der Waals surface area contributed by atoms with E-state index in [1.807, 2.05) is 31.9 Å². The quantitative estimate of drug-likeness (QED) is 0.723. The number of hydrogen-bond donors (Lipinski definition) is 1. The molecule has 0 saturated heterocycles. The smallest absolute Gasteiger partial charge is 0.137 e. The van der Waals surface area contributed by atoms with Crippen molar-refractivity contribution in [3.05, 3.63) is 24.0 Å². The Labute approximate surface area is 108 Å². The van der Waals surface area contributed by atoms with Crippen LogP contribution in [0, 0.1) is 0 Å². The van der Waals surface area contributed by atoms with Gasteiger partial charge in [0.25, 0.3) is 0 Å². The number of aromatic nitrogens is 1. The van der Waals surface area contributed by atoms with Crippen LogP contribution in [0.15, 0.2) is 18.5 Å². The van der Waals surface area contributed by atoms with Crippen LogP contribution in [0.4, 0.5) is 0 Å². The van der Waals surface area contributed by atoms with Crippen molar-refractivity contribution in [1.82, 2.24) is 10.3 Å². The molecular formula is C13H22N2OS. The van der Waals surface area contributed by atoms with E-state index < -0.39 is 0 Å². The number of nitrogens with zero attached hydrogens (tertiary/aromatic N) is 1. The van der Waals surface area contributed by atoms with Crippen molar-refractivity contribution in [1.29, 1.82) is 0 Å². The van der Waals surface area contributed by atoms with Crippen LogP contribution in [-0.2, 0) is 0 Å². The summed E-state index contributed by atoms with van der Waals surface area (Å²) in [5.74, 6) is 3.13. The molecule has 3 nitrogen and oxygen atoms in total. The maximum atomic E-state index is 5.47. The van der Waals surface area contributed by atoms with E-state index in [2.05, 4.69) is 23.3 Å². The van der Waals surface area contributed by atoms with Gasteiger partial charge in [-0.25, -0.2) is 0 Å². The fourth-order valence-corrected chi connectivity index (χ4v) is 2.61. The molecule has 0 saturated carbocycles. The predicted octanol–water partition coefficient (Wildman–Crippen LogP) is 2.88. The Morgan fingerprint density at radius 1 is 1.41 bits per heavy atom. The van der Waals surface area contributed by atoms with Gasteiger partial charge in [0.2, 0.25) is 0 Å². The minimum Gasteiger partial charge on any atom is -0.492 e. The highest BCUT2D eigenvalue weighted by molar-refractivity contribution is 7.99. The molecule has 0 aliphatic heterocycles. The average molecular weight is 254 g/mol. The molecule has 0 spiro atoms. The maximum absolute atomic E-state index is 5.47. The summed E-state index contributed by atoms with van der Waals surface area (Å²) >= 11 is 1.97. The van der Waals surface area contributed by atoms with Gasteiger partial charge in [0.15, 0.2) is 0 Å². The zero-order valence-corrected chi connectivity index (χ0v) is 11.7. The number of ether oxygens (including phenoxy) is 1. The molecule has 0 radical (unpaired) electrons. The summed E-state index contributed by atoms with van der Waals surface area (Å²) in [6.07, 6.45) is 4.90. The molecule has 1 unspecified atom stereocenters. The van der Waals surface area contributed by atoms with E-state index in [1.54, 1.807) is 6.20 Å². The highest BCUT2D eigenvalue weighted by Crippen LogP contribution is 2.21. The summed E-state index contributed by atoms with van der Waals surface area (Å²) < 4.78 is 5.47. The first-order chi connectivity index (χ1) is 8.31. The summed E-state index contributed by atoms with van der Waals surface area (Å²) in [6, 6.07) is 2.42. The van der Waals surface area contributed by atoms with Crippen molar-refractivity contribution >= 4 is 11.8 Å². The Kier molecular flexibility index (Phi) is 7.05. The van der Waals surface area contributed by atoms with E-state index in [0.717, 1.165) is 11.5 Å². The van der Waals surface area contributed by atoms with E-state index in [4.69, 9.17) is 4.74 Å². The molecule has 96 valence electrons. The van der Waals surface area contributed by atoms with Crippen LogP contribution in [0.3, 0.4) is 0 Å². The fourth-order valence-electron chi connectivity index (χ4n) is 1.56. The summed E-state index contributed by atoms with van der Waals surface area (Å²) in [7, 11) is 1.99. The SMILES string of the molecule is CCCSCC(NC)c1cncc(OCC)c1. The lowest BCUT2D eigenvalue weighted by molar-refractivity contribution is 0.338. The Morgan fingerprint density at radius 2 is 2.24 bits per heavy atom. The van der Waals surface area contributed by atoms with Crippen LogP contribution >= 0.6 is 11.8 Å². The van der Waals surface area contributed by atoms with E-state index in [9.17, 15) is 0 Å². The van der Waals surface area contributed by atoms with Gasteiger partial charge in [0, 0.05) is 18.0 Å². The molecule has 0 aromatic carbocycles. The fraction of sp³-hybridized carbons (Fsp3) is 0.615. The van der Waals surface area contributed by atoms with Gasteiger partial charge >= 0.3 is 0 Å². The Hall–Kier alpha value is -0.740. The topological polar surface area (TPSA) is 34.2 Å². The lowest BCUT2D eigenvalue weighted by Crippen LogP contribution is -2.19. The largest absolute Gasteiger partial charge is 0.492 e. The molecule has 1 atom stereocenters. The highest BCUT2D eigenvalue weighted by Gasteiger charge is 2.10. The molecule has 0 bridgehead atoms. The van der Waals surface area contributed by atoms with Gasteiger partial charge in [-0.2, -0.15) is 11.8 Å². The molecule has 0 amide bonds. The first kappa shape index (κ1) is 14.3. The summed E-state index contributed by atoms with van der Waals surface area (Å²) in [5, 5.41) is 3.33. The van der Waals surface area contributed by atoms with Crippen LogP contribution in [0.25, 0.3) is 0 Å². The molecule has 1 aromatic rings. The van der Waals surface area contributed by atoms with Crippen molar-refractivity contribution in [3.8, 4) is 5.75 Å². The summed E-state index contributed by atoms with van der Waals surface area (Å²) in [6.45, 7) is 4.87. The highest BCUT2D eigenvalue weighted by atomic mass is 32.2. The number of hydrogen-bond acceptors (Lipinski definition) is 4. The van der Waals surface area contributed by atoms with Gasteiger partial charge in [-0.05, 0) is 37.8 Å². The first-order valence-corrected chi connectivity index (χ1v) is 7.30. The van der Waals surface area contributed by atoms with Crippen LogP contribution < -0.4 is 10.1 Å². The van der Waals surface area contributed by atoms with Crippen LogP contribution in [0.1, 0.15) is 31.9 Å². The Balaban J connectivity index is 2.63. The monoisotopic (exact) mass is 254 g/mol. The standard InChI is InChI=1S/C13H22N2OS/c1-4-6-17-10-13(14-3)11-7-12(16-5-2)9-15-8-11/h7-9,13-14H,4-6,10H2,1-3H3. The number of pyridine rings is 1. The van der Waals surface area contributed by atoms with Crippen molar-refractivity contribution in [2.45, 2.75) is 26.3 Å². The normalized spacial score (nSPS) is 12.4. The molecule has 17 heavy (non-hydrogen) atoms. The molecule has 4 heteroatoms. The van der Waals surface area contributed by atoms with Gasteiger partial charge < -0.3 is 10.1 Å². The number of nitrogens with one attached hydrogen (secondary N) is 1. The lowest BCUT2D eigenvalue weighted by Gasteiger charge is -2.16. The van der Waals surface area contributed by atoms with Crippen LogP contribution in [0.2, 0.25) is 0 Å². The molecule has 0 fully saturated rings. The van der Waals surface area contributed by atoms with E-state index >= 15 is 0 Å². The van der Waals surface area contributed by atoms with Crippen LogP contribution in [0.5, 0.6) is 5.75 Å². The molecule has 1 aromatic heterocycles. The number of rotatable bonds is 8. The molecular weight excluding hydrogens is 232 g/mol. The first-order valence-electron chi connectivity index (χ1n) is 6.14. The van der Waals surface area contributed by atoms with Gasteiger partial charge in [0.05, 0.1) is 12.8 Å². The van der Waals surface area contributed by atoms with E-state index in [-0.39, 0.29) is 0 Å². The lowest BCUT2D eigenvalue weighted by atomic mass is 10.1. The third-order valence-corrected chi connectivity index (χ3v) is 3.70. The predicted molar refractivity (Wildman–Crippen MR) is 74.8 cm³/mol. The Morgan fingerprint density at radius 3 is 2.88 bits per heavy atom. The average Bonchev–Trinajstić information content (AvgIpc) is 2.35. The van der Waals surface area contributed by atoms with Crippen molar-refractivity contribution < 1.29 is 4.74 Å². The summed E-state index contributed by atoms with van der Waals surface area (Å²) in [4.78, 5) is 4.23. The molecule has 1 heterocycles. The second kappa shape index (κ2) is 8.37. The minimum absolute atomic E-state index is 0.347. The van der Waals surface area contributed by atoms with Gasteiger partial charge in [0.1, 0.15) is 5.75 Å². The van der Waals surface area contributed by atoms with Gasteiger partial charge in [-0.15, -0.1) is 0 Å². The zero-order chi connectivity index (χ0) is 12.5. The van der Waals surface area contributed by atoms with Crippen molar-refractivity contribution in [2.75, 3.05) is 25.2 Å². The van der Waals surface area contributed by atoms with Crippen molar-refractivity contribution in [3.63, 3.8) is 0 Å². The van der Waals surface area contributed by atoms with E-state index in [0.29, 0.717) is 12.6 Å². The maximum Gasteiger partial charge on any atom is 0.137 e. The number of thioether (sulfide) groups is 1.